The van der Waals surface area contributed by atoms with Gasteiger partial charge in [0.05, 0.1) is 7.11 Å². The Labute approximate surface area is 109 Å². The number of rotatable bonds is 6. The van der Waals surface area contributed by atoms with E-state index in [0.717, 1.165) is 32.2 Å². The topological polar surface area (TPSA) is 67.4 Å². The Morgan fingerprint density at radius 3 is 2.44 bits per heavy atom. The lowest BCUT2D eigenvalue weighted by Crippen LogP contribution is -2.56. The predicted molar refractivity (Wildman–Crippen MR) is 69.1 cm³/mol. The molecule has 2 N–H and O–H groups in total. The summed E-state index contributed by atoms with van der Waals surface area (Å²) >= 11 is 0. The van der Waals surface area contributed by atoms with E-state index in [2.05, 4.69) is 10.6 Å². The van der Waals surface area contributed by atoms with Gasteiger partial charge in [-0.3, -0.25) is 4.79 Å². The van der Waals surface area contributed by atoms with Gasteiger partial charge in [-0.25, -0.2) is 4.79 Å². The highest BCUT2D eigenvalue weighted by Gasteiger charge is 2.41. The van der Waals surface area contributed by atoms with Crippen molar-refractivity contribution in [3.05, 3.63) is 0 Å². The summed E-state index contributed by atoms with van der Waals surface area (Å²) in [5.74, 6) is -0.360. The van der Waals surface area contributed by atoms with Crippen LogP contribution in [0.25, 0.3) is 0 Å². The van der Waals surface area contributed by atoms with Crippen molar-refractivity contribution in [2.24, 2.45) is 0 Å². The molecule has 0 radical (unpaired) electrons. The first-order chi connectivity index (χ1) is 8.64. The van der Waals surface area contributed by atoms with E-state index in [1.54, 1.807) is 0 Å². The first kappa shape index (κ1) is 15.0. The third-order valence-corrected chi connectivity index (χ3v) is 3.49. The summed E-state index contributed by atoms with van der Waals surface area (Å²) in [6.45, 7) is 0.804. The Bertz CT molecular complexity index is 286. The van der Waals surface area contributed by atoms with E-state index in [1.807, 2.05) is 7.05 Å². The summed E-state index contributed by atoms with van der Waals surface area (Å²) in [6, 6.07) is 0. The van der Waals surface area contributed by atoms with Crippen LogP contribution in [0.1, 0.15) is 44.9 Å². The molecule has 0 aromatic carbocycles. The fourth-order valence-electron chi connectivity index (χ4n) is 2.49. The van der Waals surface area contributed by atoms with Gasteiger partial charge in [-0.05, 0) is 32.9 Å². The van der Waals surface area contributed by atoms with Crippen LogP contribution in [-0.4, -0.2) is 38.1 Å². The van der Waals surface area contributed by atoms with E-state index >= 15 is 0 Å². The van der Waals surface area contributed by atoms with Crippen LogP contribution in [0.2, 0.25) is 0 Å². The highest BCUT2D eigenvalue weighted by Crippen LogP contribution is 2.29. The smallest absolute Gasteiger partial charge is 0.331 e. The molecule has 1 amide bonds. The molecule has 0 aromatic heterocycles. The van der Waals surface area contributed by atoms with Crippen molar-refractivity contribution in [1.82, 2.24) is 10.6 Å². The SMILES string of the molecule is CNCCCC(=O)NC1(C(=O)OC)CCCCC1. The third-order valence-electron chi connectivity index (χ3n) is 3.49. The molecular formula is C13H24N2O3. The number of hydrogen-bond acceptors (Lipinski definition) is 4. The van der Waals surface area contributed by atoms with Crippen LogP contribution in [0.5, 0.6) is 0 Å². The van der Waals surface area contributed by atoms with Gasteiger partial charge in [0.25, 0.3) is 0 Å². The van der Waals surface area contributed by atoms with Crippen molar-refractivity contribution in [2.75, 3.05) is 20.7 Å². The molecule has 0 aromatic rings. The zero-order valence-corrected chi connectivity index (χ0v) is 11.4. The minimum absolute atomic E-state index is 0.0578. The zero-order valence-electron chi connectivity index (χ0n) is 11.4. The number of carbonyl (C=O) groups excluding carboxylic acids is 2. The van der Waals surface area contributed by atoms with Crippen molar-refractivity contribution in [3.8, 4) is 0 Å². The average Bonchev–Trinajstić information content (AvgIpc) is 2.39. The van der Waals surface area contributed by atoms with Gasteiger partial charge in [0.15, 0.2) is 0 Å². The lowest BCUT2D eigenvalue weighted by atomic mass is 9.81. The Hall–Kier alpha value is -1.10. The first-order valence-corrected chi connectivity index (χ1v) is 6.68. The summed E-state index contributed by atoms with van der Waals surface area (Å²) in [6.07, 6.45) is 5.65. The molecule has 1 rings (SSSR count). The van der Waals surface area contributed by atoms with Gasteiger partial charge in [0.2, 0.25) is 5.91 Å². The highest BCUT2D eigenvalue weighted by atomic mass is 16.5. The molecular weight excluding hydrogens is 232 g/mol. The summed E-state index contributed by atoms with van der Waals surface area (Å²) in [4.78, 5) is 23.8. The Kier molecular flexibility index (Phi) is 6.12. The third kappa shape index (κ3) is 3.98. The van der Waals surface area contributed by atoms with Crippen molar-refractivity contribution in [1.29, 1.82) is 0 Å². The monoisotopic (exact) mass is 256 g/mol. The fourth-order valence-corrected chi connectivity index (χ4v) is 2.49. The number of methoxy groups -OCH3 is 1. The molecule has 0 bridgehead atoms. The molecule has 0 spiro atoms. The van der Waals surface area contributed by atoms with Gasteiger partial charge in [0.1, 0.15) is 5.54 Å². The normalized spacial score (nSPS) is 18.1. The van der Waals surface area contributed by atoms with Gasteiger partial charge in [0, 0.05) is 6.42 Å². The Balaban J connectivity index is 2.55. The zero-order chi connectivity index (χ0) is 13.4. The van der Waals surface area contributed by atoms with Crippen LogP contribution in [0.15, 0.2) is 0 Å². The summed E-state index contributed by atoms with van der Waals surface area (Å²) in [7, 11) is 3.24. The summed E-state index contributed by atoms with van der Waals surface area (Å²) in [5, 5.41) is 5.90. The average molecular weight is 256 g/mol. The summed E-state index contributed by atoms with van der Waals surface area (Å²) in [5.41, 5.74) is -0.774. The number of esters is 1. The van der Waals surface area contributed by atoms with Crippen LogP contribution in [0, 0.1) is 0 Å². The second-order valence-corrected chi connectivity index (χ2v) is 4.89. The van der Waals surface area contributed by atoms with Gasteiger partial charge >= 0.3 is 5.97 Å². The maximum absolute atomic E-state index is 11.9. The van der Waals surface area contributed by atoms with Crippen LogP contribution < -0.4 is 10.6 Å². The van der Waals surface area contributed by atoms with Crippen molar-refractivity contribution in [3.63, 3.8) is 0 Å². The molecule has 0 saturated heterocycles. The Morgan fingerprint density at radius 2 is 1.89 bits per heavy atom. The van der Waals surface area contributed by atoms with E-state index in [1.165, 1.54) is 7.11 Å². The van der Waals surface area contributed by atoms with E-state index in [4.69, 9.17) is 4.74 Å². The predicted octanol–water partition coefficient (Wildman–Crippen LogP) is 0.978. The standard InChI is InChI=1S/C13H24N2O3/c1-14-10-6-7-11(16)15-13(12(17)18-2)8-4-3-5-9-13/h14H,3-10H2,1-2H3,(H,15,16). The van der Waals surface area contributed by atoms with Crippen molar-refractivity contribution in [2.45, 2.75) is 50.5 Å². The van der Waals surface area contributed by atoms with Crippen LogP contribution >= 0.6 is 0 Å². The first-order valence-electron chi connectivity index (χ1n) is 6.68. The lowest BCUT2D eigenvalue weighted by molar-refractivity contribution is -0.152. The number of nitrogens with one attached hydrogen (secondary N) is 2. The fraction of sp³-hybridized carbons (Fsp3) is 0.846. The number of amides is 1. The molecule has 1 aliphatic rings. The molecule has 1 fully saturated rings. The summed E-state index contributed by atoms with van der Waals surface area (Å²) < 4.78 is 4.85. The van der Waals surface area contributed by atoms with Crippen LogP contribution in [0.4, 0.5) is 0 Å². The van der Waals surface area contributed by atoms with E-state index < -0.39 is 5.54 Å². The maximum atomic E-state index is 11.9. The van der Waals surface area contributed by atoms with E-state index in [-0.39, 0.29) is 11.9 Å². The van der Waals surface area contributed by atoms with Gasteiger partial charge in [-0.15, -0.1) is 0 Å². The molecule has 5 heteroatoms. The quantitative estimate of drug-likeness (QED) is 0.549. The minimum atomic E-state index is -0.774. The minimum Gasteiger partial charge on any atom is -0.467 e. The maximum Gasteiger partial charge on any atom is 0.331 e. The van der Waals surface area contributed by atoms with Crippen molar-refractivity contribution < 1.29 is 14.3 Å². The molecule has 104 valence electrons. The number of hydrogen-bond donors (Lipinski definition) is 2. The molecule has 5 nitrogen and oxygen atoms in total. The van der Waals surface area contributed by atoms with Crippen LogP contribution in [-0.2, 0) is 14.3 Å². The second kappa shape index (κ2) is 7.36. The van der Waals surface area contributed by atoms with Crippen molar-refractivity contribution >= 4 is 11.9 Å². The van der Waals surface area contributed by atoms with Gasteiger partial charge in [-0.1, -0.05) is 19.3 Å². The van der Waals surface area contributed by atoms with E-state index in [0.29, 0.717) is 19.3 Å². The van der Waals surface area contributed by atoms with Crippen LogP contribution in [0.3, 0.4) is 0 Å². The van der Waals surface area contributed by atoms with E-state index in [9.17, 15) is 9.59 Å². The molecule has 0 aliphatic heterocycles. The molecule has 0 unspecified atom stereocenters. The lowest BCUT2D eigenvalue weighted by Gasteiger charge is -2.35. The molecule has 18 heavy (non-hydrogen) atoms. The Morgan fingerprint density at radius 1 is 1.22 bits per heavy atom. The molecule has 0 heterocycles. The largest absolute Gasteiger partial charge is 0.467 e. The molecule has 1 saturated carbocycles. The molecule has 1 aliphatic carbocycles. The number of ether oxygens (including phenoxy) is 1. The van der Waals surface area contributed by atoms with Gasteiger partial charge < -0.3 is 15.4 Å². The molecule has 0 atom stereocenters. The van der Waals surface area contributed by atoms with Gasteiger partial charge in [-0.2, -0.15) is 0 Å². The number of carbonyl (C=O) groups is 2. The second-order valence-electron chi connectivity index (χ2n) is 4.89. The highest BCUT2D eigenvalue weighted by molar-refractivity contribution is 5.88.